The van der Waals surface area contributed by atoms with E-state index in [1.54, 1.807) is 7.05 Å². The third-order valence-corrected chi connectivity index (χ3v) is 3.59. The Kier molecular flexibility index (Phi) is 2.73. The van der Waals surface area contributed by atoms with E-state index in [1.165, 1.54) is 30.5 Å². The highest BCUT2D eigenvalue weighted by atomic mass is 15.6. The molecule has 5 nitrogen and oxygen atoms in total. The van der Waals surface area contributed by atoms with E-state index in [1.807, 2.05) is 0 Å². The van der Waals surface area contributed by atoms with Crippen LogP contribution in [0.1, 0.15) is 38.4 Å². The maximum Gasteiger partial charge on any atom is 0.176 e. The lowest BCUT2D eigenvalue weighted by molar-refractivity contribution is 0.257. The average Bonchev–Trinajstić information content (AvgIpc) is 2.76. The average molecular weight is 209 g/mol. The molecule has 0 spiro atoms. The standard InChI is InChI=1S/C10H19N5/c1-10(5-3-4-6-10)8(11)7-9-12-14-15(2)13-9/h8H,3-7,11H2,1-2H3. The van der Waals surface area contributed by atoms with Crippen LogP contribution in [0.5, 0.6) is 0 Å². The first-order chi connectivity index (χ1) is 7.10. The number of rotatable bonds is 3. The van der Waals surface area contributed by atoms with Gasteiger partial charge in [-0.3, -0.25) is 0 Å². The zero-order chi connectivity index (χ0) is 10.9. The smallest absolute Gasteiger partial charge is 0.176 e. The summed E-state index contributed by atoms with van der Waals surface area (Å²) in [6.45, 7) is 2.28. The molecule has 1 atom stereocenters. The van der Waals surface area contributed by atoms with E-state index >= 15 is 0 Å². The first-order valence-electron chi connectivity index (χ1n) is 5.59. The second-order valence-corrected chi connectivity index (χ2v) is 4.87. The summed E-state index contributed by atoms with van der Waals surface area (Å²) in [7, 11) is 1.78. The van der Waals surface area contributed by atoms with Crippen LogP contribution in [0, 0.1) is 5.41 Å². The van der Waals surface area contributed by atoms with E-state index in [0.29, 0.717) is 0 Å². The molecule has 0 saturated heterocycles. The van der Waals surface area contributed by atoms with Crippen molar-refractivity contribution in [3.63, 3.8) is 0 Å². The van der Waals surface area contributed by atoms with Crippen molar-refractivity contribution < 1.29 is 0 Å². The van der Waals surface area contributed by atoms with E-state index < -0.39 is 0 Å². The molecule has 1 aliphatic carbocycles. The van der Waals surface area contributed by atoms with Gasteiger partial charge in [0.25, 0.3) is 0 Å². The van der Waals surface area contributed by atoms with Crippen molar-refractivity contribution in [2.75, 3.05) is 0 Å². The highest BCUT2D eigenvalue weighted by Crippen LogP contribution is 2.40. The molecule has 5 heteroatoms. The Bertz CT molecular complexity index is 326. The van der Waals surface area contributed by atoms with Gasteiger partial charge < -0.3 is 5.73 Å². The Morgan fingerprint density at radius 1 is 1.47 bits per heavy atom. The van der Waals surface area contributed by atoms with E-state index in [0.717, 1.165) is 12.2 Å². The van der Waals surface area contributed by atoms with Crippen molar-refractivity contribution in [1.29, 1.82) is 0 Å². The maximum absolute atomic E-state index is 6.24. The summed E-state index contributed by atoms with van der Waals surface area (Å²) in [4.78, 5) is 1.49. The first-order valence-corrected chi connectivity index (χ1v) is 5.59. The molecular formula is C10H19N5. The molecule has 1 aromatic rings. The van der Waals surface area contributed by atoms with Gasteiger partial charge in [-0.05, 0) is 23.5 Å². The third-order valence-electron chi connectivity index (χ3n) is 3.59. The summed E-state index contributed by atoms with van der Waals surface area (Å²) in [6.07, 6.45) is 5.81. The quantitative estimate of drug-likeness (QED) is 0.794. The molecule has 2 N–H and O–H groups in total. The van der Waals surface area contributed by atoms with Crippen LogP contribution in [0.2, 0.25) is 0 Å². The Morgan fingerprint density at radius 3 is 2.67 bits per heavy atom. The van der Waals surface area contributed by atoms with E-state index in [4.69, 9.17) is 5.73 Å². The molecule has 1 fully saturated rings. The minimum absolute atomic E-state index is 0.157. The number of tetrazole rings is 1. The molecule has 0 aromatic carbocycles. The Hall–Kier alpha value is -0.970. The van der Waals surface area contributed by atoms with Gasteiger partial charge in [-0.2, -0.15) is 4.80 Å². The predicted octanol–water partition coefficient (Wildman–Crippen LogP) is 0.660. The van der Waals surface area contributed by atoms with Gasteiger partial charge in [-0.1, -0.05) is 19.8 Å². The second kappa shape index (κ2) is 3.89. The number of hydrogen-bond donors (Lipinski definition) is 1. The Labute approximate surface area is 90.0 Å². The van der Waals surface area contributed by atoms with Crippen LogP contribution in [-0.2, 0) is 13.5 Å². The van der Waals surface area contributed by atoms with Crippen molar-refractivity contribution in [3.8, 4) is 0 Å². The molecule has 1 aromatic heterocycles. The minimum Gasteiger partial charge on any atom is -0.327 e. The lowest BCUT2D eigenvalue weighted by atomic mass is 9.79. The second-order valence-electron chi connectivity index (χ2n) is 4.87. The number of hydrogen-bond acceptors (Lipinski definition) is 4. The molecule has 1 heterocycles. The lowest BCUT2D eigenvalue weighted by Crippen LogP contribution is -2.39. The highest BCUT2D eigenvalue weighted by Gasteiger charge is 2.35. The van der Waals surface area contributed by atoms with Gasteiger partial charge in [0.1, 0.15) is 0 Å². The molecule has 0 bridgehead atoms. The molecule has 1 unspecified atom stereocenters. The molecule has 2 rings (SSSR count). The highest BCUT2D eigenvalue weighted by molar-refractivity contribution is 4.95. The predicted molar refractivity (Wildman–Crippen MR) is 57.1 cm³/mol. The van der Waals surface area contributed by atoms with E-state index in [2.05, 4.69) is 22.3 Å². The van der Waals surface area contributed by atoms with Crippen molar-refractivity contribution in [2.45, 2.75) is 45.1 Å². The van der Waals surface area contributed by atoms with Crippen LogP contribution in [0.15, 0.2) is 0 Å². The van der Waals surface area contributed by atoms with Gasteiger partial charge in [-0.15, -0.1) is 10.2 Å². The van der Waals surface area contributed by atoms with Crippen molar-refractivity contribution in [1.82, 2.24) is 20.2 Å². The molecule has 1 aliphatic rings. The van der Waals surface area contributed by atoms with Gasteiger partial charge in [0.15, 0.2) is 5.82 Å². The molecule has 15 heavy (non-hydrogen) atoms. The summed E-state index contributed by atoms with van der Waals surface area (Å²) in [5.41, 5.74) is 6.51. The normalized spacial score (nSPS) is 21.8. The Balaban J connectivity index is 1.99. The zero-order valence-electron chi connectivity index (χ0n) is 9.48. The fraction of sp³-hybridized carbons (Fsp3) is 0.900. The van der Waals surface area contributed by atoms with Gasteiger partial charge in [0.05, 0.1) is 7.05 Å². The van der Waals surface area contributed by atoms with Gasteiger partial charge in [-0.25, -0.2) is 0 Å². The molecule has 1 saturated carbocycles. The van der Waals surface area contributed by atoms with Crippen LogP contribution in [0.3, 0.4) is 0 Å². The summed E-state index contributed by atoms with van der Waals surface area (Å²) in [5, 5.41) is 12.0. The van der Waals surface area contributed by atoms with Crippen molar-refractivity contribution >= 4 is 0 Å². The van der Waals surface area contributed by atoms with Crippen LogP contribution < -0.4 is 5.73 Å². The molecule has 0 radical (unpaired) electrons. The molecule has 0 amide bonds. The minimum atomic E-state index is 0.157. The number of nitrogens with zero attached hydrogens (tertiary/aromatic N) is 4. The monoisotopic (exact) mass is 209 g/mol. The molecule has 0 aliphatic heterocycles. The number of nitrogens with two attached hydrogens (primary N) is 1. The zero-order valence-corrected chi connectivity index (χ0v) is 9.48. The van der Waals surface area contributed by atoms with Crippen LogP contribution >= 0.6 is 0 Å². The van der Waals surface area contributed by atoms with Gasteiger partial charge >= 0.3 is 0 Å². The molecular weight excluding hydrogens is 190 g/mol. The number of aryl methyl sites for hydroxylation is 1. The van der Waals surface area contributed by atoms with Crippen molar-refractivity contribution in [3.05, 3.63) is 5.82 Å². The fourth-order valence-corrected chi connectivity index (χ4v) is 2.40. The number of aromatic nitrogens is 4. The third kappa shape index (κ3) is 2.17. The SMILES string of the molecule is Cn1nnc(CC(N)C2(C)CCCC2)n1. The van der Waals surface area contributed by atoms with E-state index in [9.17, 15) is 0 Å². The van der Waals surface area contributed by atoms with E-state index in [-0.39, 0.29) is 11.5 Å². The summed E-state index contributed by atoms with van der Waals surface area (Å²) >= 11 is 0. The van der Waals surface area contributed by atoms with Crippen molar-refractivity contribution in [2.24, 2.45) is 18.2 Å². The summed E-state index contributed by atoms with van der Waals surface area (Å²) < 4.78 is 0. The largest absolute Gasteiger partial charge is 0.327 e. The van der Waals surface area contributed by atoms with Crippen LogP contribution in [-0.4, -0.2) is 26.2 Å². The lowest BCUT2D eigenvalue weighted by Gasteiger charge is -2.30. The van der Waals surface area contributed by atoms with Crippen LogP contribution in [0.25, 0.3) is 0 Å². The molecule has 84 valence electrons. The van der Waals surface area contributed by atoms with Gasteiger partial charge in [0.2, 0.25) is 0 Å². The topological polar surface area (TPSA) is 69.6 Å². The Morgan fingerprint density at radius 2 is 2.13 bits per heavy atom. The maximum atomic E-state index is 6.24. The summed E-state index contributed by atoms with van der Waals surface area (Å²) in [5.74, 6) is 0.762. The van der Waals surface area contributed by atoms with Crippen LogP contribution in [0.4, 0.5) is 0 Å². The first kappa shape index (κ1) is 10.5. The summed E-state index contributed by atoms with van der Waals surface area (Å²) in [6, 6.07) is 0.157. The van der Waals surface area contributed by atoms with Gasteiger partial charge in [0, 0.05) is 12.5 Å². The fourth-order valence-electron chi connectivity index (χ4n) is 2.40.